The maximum Gasteiger partial charge on any atom is 0.330 e. The third-order valence-corrected chi connectivity index (χ3v) is 10.0. The van der Waals surface area contributed by atoms with Gasteiger partial charge in [-0.05, 0) is 92.2 Å². The van der Waals surface area contributed by atoms with Crippen molar-refractivity contribution in [2.75, 3.05) is 19.1 Å². The first-order chi connectivity index (χ1) is 20.4. The van der Waals surface area contributed by atoms with Crippen LogP contribution < -0.4 is 14.4 Å². The second-order valence-corrected chi connectivity index (χ2v) is 12.2. The van der Waals surface area contributed by atoms with Gasteiger partial charge in [-0.25, -0.2) is 9.48 Å². The fraction of sp³-hybridized carbons (Fsp3) is 0.375. The minimum absolute atomic E-state index is 0.130. The van der Waals surface area contributed by atoms with Crippen LogP contribution in [0.1, 0.15) is 32.1 Å². The van der Waals surface area contributed by atoms with Crippen LogP contribution >= 0.6 is 11.6 Å². The number of aliphatic carboxylic acids is 1. The number of rotatable bonds is 8. The van der Waals surface area contributed by atoms with E-state index in [9.17, 15) is 14.7 Å². The highest BCUT2D eigenvalue weighted by Crippen LogP contribution is 2.60. The van der Waals surface area contributed by atoms with Gasteiger partial charge in [-0.2, -0.15) is 0 Å². The number of fused-ring (bicyclic) bond motifs is 1. The number of pyridine rings is 1. The smallest absolute Gasteiger partial charge is 0.330 e. The Balaban J connectivity index is 1.48. The second-order valence-electron chi connectivity index (χ2n) is 11.7. The molecule has 4 saturated carbocycles. The minimum atomic E-state index is -1.36. The molecule has 1 amide bonds. The van der Waals surface area contributed by atoms with Crippen LogP contribution in [-0.4, -0.2) is 52.0 Å². The number of benzene rings is 2. The predicted molar refractivity (Wildman–Crippen MR) is 158 cm³/mol. The molecule has 8 rings (SSSR count). The first kappa shape index (κ1) is 26.8. The van der Waals surface area contributed by atoms with Crippen LogP contribution in [0.25, 0.3) is 27.8 Å². The Kier molecular flexibility index (Phi) is 6.38. The van der Waals surface area contributed by atoms with Gasteiger partial charge in [-0.15, -0.1) is 5.10 Å². The van der Waals surface area contributed by atoms with E-state index in [0.29, 0.717) is 57.2 Å². The van der Waals surface area contributed by atoms with E-state index < -0.39 is 11.5 Å². The molecule has 0 saturated heterocycles. The number of carboxylic acids is 1. The summed E-state index contributed by atoms with van der Waals surface area (Å²) in [6.45, 7) is 0. The maximum absolute atomic E-state index is 13.3. The van der Waals surface area contributed by atoms with Gasteiger partial charge in [0.15, 0.2) is 11.4 Å². The lowest BCUT2D eigenvalue weighted by molar-refractivity contribution is -0.161. The molecule has 4 aliphatic rings. The molecule has 4 fully saturated rings. The Labute approximate surface area is 248 Å². The Morgan fingerprint density at radius 1 is 1.02 bits per heavy atom. The van der Waals surface area contributed by atoms with E-state index in [0.717, 1.165) is 37.5 Å². The fourth-order valence-corrected chi connectivity index (χ4v) is 8.49. The van der Waals surface area contributed by atoms with Crippen LogP contribution in [0, 0.1) is 23.7 Å². The van der Waals surface area contributed by atoms with E-state index in [1.54, 1.807) is 43.3 Å². The molecule has 216 valence electrons. The molecule has 0 spiro atoms. The average molecular weight is 587 g/mol. The number of hydrogen-bond donors (Lipinski definition) is 1. The molecule has 0 atom stereocenters. The van der Waals surface area contributed by atoms with Gasteiger partial charge in [-0.3, -0.25) is 14.7 Å². The molecule has 2 aromatic carbocycles. The Morgan fingerprint density at radius 2 is 1.69 bits per heavy atom. The molecule has 10 heteroatoms. The van der Waals surface area contributed by atoms with Crippen LogP contribution in [-0.2, 0) is 9.59 Å². The van der Waals surface area contributed by atoms with Gasteiger partial charge >= 0.3 is 5.97 Å². The number of carbonyl (C=O) groups excluding carboxylic acids is 1. The number of ether oxygens (including phenoxy) is 2. The van der Waals surface area contributed by atoms with Gasteiger partial charge in [0.05, 0.1) is 36.7 Å². The van der Waals surface area contributed by atoms with Crippen LogP contribution in [0.4, 0.5) is 5.82 Å². The van der Waals surface area contributed by atoms with Gasteiger partial charge in [-0.1, -0.05) is 17.7 Å². The molecule has 2 aromatic heterocycles. The van der Waals surface area contributed by atoms with E-state index in [1.165, 1.54) is 4.90 Å². The Hall–Kier alpha value is -4.11. The lowest BCUT2D eigenvalue weighted by atomic mass is 9.48. The summed E-state index contributed by atoms with van der Waals surface area (Å²) in [5, 5.41) is 17.2. The Bertz CT molecular complexity index is 1670. The molecule has 0 aliphatic heterocycles. The number of amides is 1. The number of nitrogens with zero attached hydrogens (tertiary/aromatic N) is 4. The quantitative estimate of drug-likeness (QED) is 0.252. The molecule has 0 unspecified atom stereocenters. The SMILES string of the molecule is COc1cccc(OC)c1-c1cc(N(C=O)C2(C(=O)O)C3CC4CC(C3)CC2C4)nn1-c1ccnc2cc(Cl)ccc12. The van der Waals surface area contributed by atoms with Crippen LogP contribution in [0.15, 0.2) is 54.7 Å². The van der Waals surface area contributed by atoms with Crippen LogP contribution in [0.3, 0.4) is 0 Å². The second kappa shape index (κ2) is 10.0. The van der Waals surface area contributed by atoms with Crippen molar-refractivity contribution < 1.29 is 24.2 Å². The Morgan fingerprint density at radius 3 is 2.29 bits per heavy atom. The summed E-state index contributed by atoms with van der Waals surface area (Å²) in [4.78, 5) is 32.3. The molecule has 0 radical (unpaired) electrons. The summed E-state index contributed by atoms with van der Waals surface area (Å²) in [5.41, 5.74) is 1.21. The number of anilines is 1. The fourth-order valence-electron chi connectivity index (χ4n) is 8.32. The van der Waals surface area contributed by atoms with Crippen molar-refractivity contribution in [1.29, 1.82) is 0 Å². The molecule has 4 aromatic rings. The van der Waals surface area contributed by atoms with Crippen molar-refractivity contribution in [3.8, 4) is 28.4 Å². The summed E-state index contributed by atoms with van der Waals surface area (Å²) in [5.74, 6) is 1.18. The summed E-state index contributed by atoms with van der Waals surface area (Å²) < 4.78 is 13.2. The molecule has 4 bridgehead atoms. The van der Waals surface area contributed by atoms with Gasteiger partial charge in [0, 0.05) is 22.7 Å². The number of halogens is 1. The lowest BCUT2D eigenvalue weighted by Gasteiger charge is -2.61. The van der Waals surface area contributed by atoms with Gasteiger partial charge in [0.1, 0.15) is 11.5 Å². The molecular weight excluding hydrogens is 556 g/mol. The third-order valence-electron chi connectivity index (χ3n) is 9.77. The average Bonchev–Trinajstić information content (AvgIpc) is 3.41. The van der Waals surface area contributed by atoms with E-state index in [4.69, 9.17) is 26.2 Å². The number of hydrogen-bond acceptors (Lipinski definition) is 6. The molecule has 4 aliphatic carbocycles. The lowest BCUT2D eigenvalue weighted by Crippen LogP contribution is -2.70. The number of methoxy groups -OCH3 is 2. The van der Waals surface area contributed by atoms with E-state index >= 15 is 0 Å². The van der Waals surface area contributed by atoms with Crippen LogP contribution in [0.2, 0.25) is 5.02 Å². The predicted octanol–water partition coefficient (Wildman–Crippen LogP) is 6.00. The summed E-state index contributed by atoms with van der Waals surface area (Å²) in [7, 11) is 3.16. The van der Waals surface area contributed by atoms with Gasteiger partial charge in [0.25, 0.3) is 0 Å². The highest BCUT2D eigenvalue weighted by molar-refractivity contribution is 6.31. The molecule has 42 heavy (non-hydrogen) atoms. The monoisotopic (exact) mass is 586 g/mol. The molecule has 9 nitrogen and oxygen atoms in total. The summed E-state index contributed by atoms with van der Waals surface area (Å²) in [6, 6.07) is 14.5. The zero-order valence-electron chi connectivity index (χ0n) is 23.4. The van der Waals surface area contributed by atoms with Gasteiger partial charge in [0.2, 0.25) is 6.41 Å². The largest absolute Gasteiger partial charge is 0.496 e. The number of carboxylic acid groups (broad SMARTS) is 1. The van der Waals surface area contributed by atoms with Crippen LogP contribution in [0.5, 0.6) is 11.5 Å². The van der Waals surface area contributed by atoms with Crippen molar-refractivity contribution in [3.63, 3.8) is 0 Å². The number of carbonyl (C=O) groups is 2. The van der Waals surface area contributed by atoms with Crippen molar-refractivity contribution in [2.24, 2.45) is 23.7 Å². The molecule has 1 N–H and O–H groups in total. The minimum Gasteiger partial charge on any atom is -0.496 e. The van der Waals surface area contributed by atoms with Crippen molar-refractivity contribution in [2.45, 2.75) is 37.6 Å². The highest BCUT2D eigenvalue weighted by Gasteiger charge is 2.64. The summed E-state index contributed by atoms with van der Waals surface area (Å²) >= 11 is 6.28. The van der Waals surface area contributed by atoms with E-state index in [-0.39, 0.29) is 17.7 Å². The maximum atomic E-state index is 13.3. The van der Waals surface area contributed by atoms with Crippen molar-refractivity contribution in [3.05, 3.63) is 59.8 Å². The van der Waals surface area contributed by atoms with E-state index in [2.05, 4.69) is 4.98 Å². The normalized spacial score (nSPS) is 25.9. The van der Waals surface area contributed by atoms with E-state index in [1.807, 2.05) is 30.3 Å². The highest BCUT2D eigenvalue weighted by atomic mass is 35.5. The molecule has 2 heterocycles. The number of aromatic nitrogens is 3. The van der Waals surface area contributed by atoms with Gasteiger partial charge < -0.3 is 14.6 Å². The first-order valence-corrected chi connectivity index (χ1v) is 14.6. The van der Waals surface area contributed by atoms with Crippen molar-refractivity contribution >= 4 is 40.7 Å². The topological polar surface area (TPSA) is 107 Å². The zero-order chi connectivity index (χ0) is 29.2. The molecular formula is C32H31ClN4O5. The first-order valence-electron chi connectivity index (χ1n) is 14.2. The third kappa shape index (κ3) is 3.82. The summed E-state index contributed by atoms with van der Waals surface area (Å²) in [6.07, 6.45) is 6.75. The van der Waals surface area contributed by atoms with Crippen molar-refractivity contribution in [1.82, 2.24) is 14.8 Å². The standard InChI is InChI=1S/C32H31ClN4O5/c1-41-27-4-3-5-28(42-2)30(27)26-16-29(35-37(26)25-8-9-34-24-15-22(33)6-7-23(24)25)36(17-38)32(31(39)40)20-11-18-10-19(13-20)14-21(32)12-18/h3-9,15-21H,10-14H2,1-2H3,(H,39,40). The zero-order valence-corrected chi connectivity index (χ0v) is 24.1.